The van der Waals surface area contributed by atoms with Crippen LogP contribution in [0, 0.1) is 6.92 Å². The first-order valence-corrected chi connectivity index (χ1v) is 6.26. The smallest absolute Gasteiger partial charge is 0.337 e. The minimum Gasteiger partial charge on any atom is -0.478 e. The van der Waals surface area contributed by atoms with Crippen molar-refractivity contribution in [3.63, 3.8) is 0 Å². The van der Waals surface area contributed by atoms with Gasteiger partial charge >= 0.3 is 17.9 Å². The fourth-order valence-corrected chi connectivity index (χ4v) is 2.08. The molecule has 1 atom stereocenters. The molecule has 0 bridgehead atoms. The summed E-state index contributed by atoms with van der Waals surface area (Å²) in [6.45, 7) is 6.63. The highest BCUT2D eigenvalue weighted by molar-refractivity contribution is 6.03. The van der Waals surface area contributed by atoms with Crippen molar-refractivity contribution in [2.75, 3.05) is 0 Å². The molecule has 0 heterocycles. The van der Waals surface area contributed by atoms with Crippen molar-refractivity contribution in [2.45, 2.75) is 26.4 Å². The van der Waals surface area contributed by atoms with Crippen molar-refractivity contribution in [1.82, 2.24) is 0 Å². The van der Waals surface area contributed by atoms with Crippen molar-refractivity contribution in [3.05, 3.63) is 47.0 Å². The summed E-state index contributed by atoms with van der Waals surface area (Å²) in [5.41, 5.74) is 0.0450. The molecule has 1 unspecified atom stereocenters. The van der Waals surface area contributed by atoms with Crippen molar-refractivity contribution < 1.29 is 29.3 Å². The Labute approximate surface area is 121 Å². The Hall–Kier alpha value is -2.63. The van der Waals surface area contributed by atoms with Gasteiger partial charge in [-0.3, -0.25) is 0 Å². The van der Waals surface area contributed by atoms with E-state index < -0.39 is 24.0 Å². The summed E-state index contributed by atoms with van der Waals surface area (Å²) in [5, 5.41) is 18.5. The average Bonchev–Trinajstić information content (AvgIpc) is 2.43. The standard InChI is InChI=1S/C15H16O6/c1-4-10(21-11(16)5-2)12-8(3)6-7-9(14(17)18)13(12)15(19)20/h5-7,10H,2,4H2,1,3H3,(H,17,18)(H,19,20). The molecular formula is C15H16O6. The first-order valence-electron chi connectivity index (χ1n) is 6.26. The predicted molar refractivity (Wildman–Crippen MR) is 74.4 cm³/mol. The van der Waals surface area contributed by atoms with Crippen LogP contribution in [0.4, 0.5) is 0 Å². The summed E-state index contributed by atoms with van der Waals surface area (Å²) in [6, 6.07) is 2.72. The first-order chi connectivity index (χ1) is 9.83. The number of hydrogen-bond acceptors (Lipinski definition) is 4. The van der Waals surface area contributed by atoms with Crippen molar-refractivity contribution in [2.24, 2.45) is 0 Å². The highest BCUT2D eigenvalue weighted by Gasteiger charge is 2.27. The van der Waals surface area contributed by atoms with Gasteiger partial charge in [-0.25, -0.2) is 14.4 Å². The zero-order valence-corrected chi connectivity index (χ0v) is 11.8. The van der Waals surface area contributed by atoms with Crippen LogP contribution in [0.25, 0.3) is 0 Å². The number of benzene rings is 1. The lowest BCUT2D eigenvalue weighted by Crippen LogP contribution is -2.18. The zero-order valence-electron chi connectivity index (χ0n) is 11.8. The van der Waals surface area contributed by atoms with Crippen LogP contribution in [0.3, 0.4) is 0 Å². The number of hydrogen-bond donors (Lipinski definition) is 2. The Morgan fingerprint density at radius 3 is 2.33 bits per heavy atom. The SMILES string of the molecule is C=CC(=O)OC(CC)c1c(C)ccc(C(=O)O)c1C(=O)O. The van der Waals surface area contributed by atoms with Crippen LogP contribution in [-0.2, 0) is 9.53 Å². The lowest BCUT2D eigenvalue weighted by Gasteiger charge is -2.21. The average molecular weight is 292 g/mol. The van der Waals surface area contributed by atoms with Gasteiger partial charge in [-0.1, -0.05) is 19.6 Å². The van der Waals surface area contributed by atoms with E-state index in [0.717, 1.165) is 6.08 Å². The Bertz CT molecular complexity index is 602. The van der Waals surface area contributed by atoms with Crippen LogP contribution >= 0.6 is 0 Å². The molecule has 0 saturated carbocycles. The number of ether oxygens (including phenoxy) is 1. The lowest BCUT2D eigenvalue weighted by molar-refractivity contribution is -0.143. The van der Waals surface area contributed by atoms with Crippen molar-refractivity contribution >= 4 is 17.9 Å². The fraction of sp³-hybridized carbons (Fsp3) is 0.267. The normalized spacial score (nSPS) is 11.5. The number of aromatic carboxylic acids is 2. The number of carbonyl (C=O) groups is 3. The van der Waals surface area contributed by atoms with E-state index in [1.54, 1.807) is 13.8 Å². The maximum atomic E-state index is 11.5. The van der Waals surface area contributed by atoms with Gasteiger partial charge in [0.1, 0.15) is 6.10 Å². The number of carbonyl (C=O) groups excluding carboxylic acids is 1. The highest BCUT2D eigenvalue weighted by Crippen LogP contribution is 2.30. The molecule has 1 rings (SSSR count). The predicted octanol–water partition coefficient (Wildman–Crippen LogP) is 2.57. The third-order valence-corrected chi connectivity index (χ3v) is 3.03. The maximum absolute atomic E-state index is 11.5. The molecule has 112 valence electrons. The Morgan fingerprint density at radius 1 is 1.29 bits per heavy atom. The molecule has 0 aliphatic heterocycles. The third-order valence-electron chi connectivity index (χ3n) is 3.03. The molecule has 0 aromatic heterocycles. The molecule has 0 aliphatic carbocycles. The topological polar surface area (TPSA) is 101 Å². The number of carboxylic acid groups (broad SMARTS) is 2. The second-order valence-corrected chi connectivity index (χ2v) is 4.37. The molecule has 6 nitrogen and oxygen atoms in total. The summed E-state index contributed by atoms with van der Waals surface area (Å²) in [5.74, 6) is -3.42. The molecule has 2 N–H and O–H groups in total. The van der Waals surface area contributed by atoms with E-state index in [2.05, 4.69) is 6.58 Å². The van der Waals surface area contributed by atoms with Gasteiger partial charge in [0.05, 0.1) is 11.1 Å². The van der Waals surface area contributed by atoms with Crippen LogP contribution < -0.4 is 0 Å². The first kappa shape index (κ1) is 16.4. The van der Waals surface area contributed by atoms with E-state index >= 15 is 0 Å². The van der Waals surface area contributed by atoms with Gasteiger partial charge in [-0.05, 0) is 25.0 Å². The monoisotopic (exact) mass is 292 g/mol. The number of aryl methyl sites for hydroxylation is 1. The van der Waals surface area contributed by atoms with E-state index in [1.165, 1.54) is 12.1 Å². The van der Waals surface area contributed by atoms with E-state index in [4.69, 9.17) is 9.84 Å². The molecule has 1 aromatic rings. The van der Waals surface area contributed by atoms with E-state index in [9.17, 15) is 19.5 Å². The van der Waals surface area contributed by atoms with Crippen LogP contribution in [0.15, 0.2) is 24.8 Å². The molecule has 0 saturated heterocycles. The summed E-state index contributed by atoms with van der Waals surface area (Å²) in [6.07, 6.45) is 0.435. The molecule has 0 fully saturated rings. The molecule has 0 spiro atoms. The number of esters is 1. The van der Waals surface area contributed by atoms with Gasteiger partial charge in [0.25, 0.3) is 0 Å². The summed E-state index contributed by atoms with van der Waals surface area (Å²) in [4.78, 5) is 34.0. The Balaban J connectivity index is 3.54. The summed E-state index contributed by atoms with van der Waals surface area (Å²) >= 11 is 0. The van der Waals surface area contributed by atoms with Crippen molar-refractivity contribution in [3.8, 4) is 0 Å². The molecule has 0 amide bonds. The maximum Gasteiger partial charge on any atom is 0.337 e. The second kappa shape index (κ2) is 6.69. The van der Waals surface area contributed by atoms with Gasteiger partial charge in [0.2, 0.25) is 0 Å². The molecule has 21 heavy (non-hydrogen) atoms. The van der Waals surface area contributed by atoms with Crippen molar-refractivity contribution in [1.29, 1.82) is 0 Å². The fourth-order valence-electron chi connectivity index (χ4n) is 2.08. The Morgan fingerprint density at radius 2 is 1.90 bits per heavy atom. The highest BCUT2D eigenvalue weighted by atomic mass is 16.5. The summed E-state index contributed by atoms with van der Waals surface area (Å²) < 4.78 is 5.13. The zero-order chi connectivity index (χ0) is 16.2. The lowest BCUT2D eigenvalue weighted by atomic mass is 9.91. The van der Waals surface area contributed by atoms with E-state index in [-0.39, 0.29) is 16.7 Å². The minimum absolute atomic E-state index is 0.195. The van der Waals surface area contributed by atoms with Gasteiger partial charge in [0.15, 0.2) is 0 Å². The molecule has 6 heteroatoms. The van der Waals surface area contributed by atoms with E-state index in [0.29, 0.717) is 12.0 Å². The quantitative estimate of drug-likeness (QED) is 0.617. The summed E-state index contributed by atoms with van der Waals surface area (Å²) in [7, 11) is 0. The number of rotatable bonds is 6. The van der Waals surface area contributed by atoms with E-state index in [1.807, 2.05) is 0 Å². The van der Waals surface area contributed by atoms with Crippen LogP contribution in [-0.4, -0.2) is 28.1 Å². The minimum atomic E-state index is -1.38. The van der Waals surface area contributed by atoms with Crippen LogP contribution in [0.1, 0.15) is 51.3 Å². The van der Waals surface area contributed by atoms with Gasteiger partial charge < -0.3 is 14.9 Å². The third kappa shape index (κ3) is 3.47. The van der Waals surface area contributed by atoms with Crippen LogP contribution in [0.5, 0.6) is 0 Å². The van der Waals surface area contributed by atoms with Gasteiger partial charge in [-0.15, -0.1) is 0 Å². The largest absolute Gasteiger partial charge is 0.478 e. The Kier molecular flexibility index (Phi) is 5.24. The molecule has 0 radical (unpaired) electrons. The molecular weight excluding hydrogens is 276 g/mol. The van der Waals surface area contributed by atoms with Gasteiger partial charge in [0, 0.05) is 11.6 Å². The molecule has 0 aliphatic rings. The molecule has 1 aromatic carbocycles. The van der Waals surface area contributed by atoms with Crippen LogP contribution in [0.2, 0.25) is 0 Å². The second-order valence-electron chi connectivity index (χ2n) is 4.37. The van der Waals surface area contributed by atoms with Gasteiger partial charge in [-0.2, -0.15) is 0 Å². The number of carboxylic acids is 2.